The molecular formula is C21H25NO3. The number of hydrogen-bond acceptors (Lipinski definition) is 4. The van der Waals surface area contributed by atoms with Gasteiger partial charge in [0, 0.05) is 18.7 Å². The van der Waals surface area contributed by atoms with Crippen molar-refractivity contribution in [1.29, 1.82) is 0 Å². The summed E-state index contributed by atoms with van der Waals surface area (Å²) in [6.45, 7) is 2.47. The molecule has 0 aromatic heterocycles. The predicted octanol–water partition coefficient (Wildman–Crippen LogP) is 3.27. The summed E-state index contributed by atoms with van der Waals surface area (Å²) in [5.41, 5.74) is -0.666. The van der Waals surface area contributed by atoms with Crippen LogP contribution in [-0.2, 0) is 0 Å². The van der Waals surface area contributed by atoms with E-state index in [2.05, 4.69) is 4.90 Å². The number of aliphatic hydroxyl groups is 1. The second kappa shape index (κ2) is 6.43. The average Bonchev–Trinajstić information content (AvgIpc) is 3.44. The van der Waals surface area contributed by atoms with E-state index in [1.807, 2.05) is 36.4 Å². The zero-order valence-electron chi connectivity index (χ0n) is 14.7. The third kappa shape index (κ3) is 3.42. The quantitative estimate of drug-likeness (QED) is 0.850. The van der Waals surface area contributed by atoms with Gasteiger partial charge in [0.1, 0.15) is 11.4 Å². The fourth-order valence-electron chi connectivity index (χ4n) is 3.89. The molecule has 1 saturated heterocycles. The van der Waals surface area contributed by atoms with Gasteiger partial charge in [0.2, 0.25) is 0 Å². The second-order valence-electron chi connectivity index (χ2n) is 7.57. The molecule has 4 heteroatoms. The van der Waals surface area contributed by atoms with E-state index in [4.69, 9.17) is 4.74 Å². The average molecular weight is 339 g/mol. The standard InChI is InChI=1S/C21H25NO3/c1-25-19-8-7-16-11-18(6-5-17(16)12-19)20(23)21(24)9-2-10-22(14-21)13-15-3-4-15/h5-8,11-12,15,24H,2-4,9-10,13-14H2,1H3/t21-/m0/s1. The van der Waals surface area contributed by atoms with Crippen molar-refractivity contribution in [2.45, 2.75) is 31.3 Å². The van der Waals surface area contributed by atoms with Gasteiger partial charge in [0.25, 0.3) is 0 Å². The van der Waals surface area contributed by atoms with Crippen LogP contribution < -0.4 is 4.74 Å². The Labute approximate surface area is 148 Å². The van der Waals surface area contributed by atoms with E-state index in [1.54, 1.807) is 7.11 Å². The lowest BCUT2D eigenvalue weighted by atomic mass is 9.84. The number of hydrogen-bond donors (Lipinski definition) is 1. The highest BCUT2D eigenvalue weighted by Gasteiger charge is 2.41. The summed E-state index contributed by atoms with van der Waals surface area (Å²) in [6.07, 6.45) is 4.00. The second-order valence-corrected chi connectivity index (χ2v) is 7.57. The highest BCUT2D eigenvalue weighted by Crippen LogP contribution is 2.33. The molecule has 2 aromatic rings. The molecule has 0 spiro atoms. The van der Waals surface area contributed by atoms with E-state index < -0.39 is 5.60 Å². The Kier molecular flexibility index (Phi) is 4.26. The predicted molar refractivity (Wildman–Crippen MR) is 98.2 cm³/mol. The minimum atomic E-state index is -1.26. The number of ether oxygens (including phenoxy) is 1. The lowest BCUT2D eigenvalue weighted by Crippen LogP contribution is -2.53. The van der Waals surface area contributed by atoms with E-state index in [9.17, 15) is 9.90 Å². The number of piperidine rings is 1. The van der Waals surface area contributed by atoms with Crippen molar-refractivity contribution in [2.75, 3.05) is 26.7 Å². The highest BCUT2D eigenvalue weighted by molar-refractivity contribution is 6.05. The third-order valence-electron chi connectivity index (χ3n) is 5.50. The number of methoxy groups -OCH3 is 1. The Bertz CT molecular complexity index is 799. The molecule has 2 aromatic carbocycles. The van der Waals surface area contributed by atoms with Crippen LogP contribution in [0.15, 0.2) is 36.4 Å². The highest BCUT2D eigenvalue weighted by atomic mass is 16.5. The topological polar surface area (TPSA) is 49.8 Å². The molecule has 132 valence electrons. The molecule has 25 heavy (non-hydrogen) atoms. The van der Waals surface area contributed by atoms with Crippen molar-refractivity contribution < 1.29 is 14.6 Å². The summed E-state index contributed by atoms with van der Waals surface area (Å²) in [5.74, 6) is 1.42. The van der Waals surface area contributed by atoms with Gasteiger partial charge in [-0.25, -0.2) is 0 Å². The van der Waals surface area contributed by atoms with Crippen LogP contribution >= 0.6 is 0 Å². The van der Waals surface area contributed by atoms with Crippen LogP contribution in [0.5, 0.6) is 5.75 Å². The van der Waals surface area contributed by atoms with Crippen LogP contribution in [0.1, 0.15) is 36.0 Å². The van der Waals surface area contributed by atoms with E-state index in [1.165, 1.54) is 12.8 Å². The normalized spacial score (nSPS) is 24.4. The van der Waals surface area contributed by atoms with Crippen LogP contribution in [0.4, 0.5) is 0 Å². The van der Waals surface area contributed by atoms with E-state index >= 15 is 0 Å². The molecule has 1 aliphatic heterocycles. The lowest BCUT2D eigenvalue weighted by Gasteiger charge is -2.38. The number of ketones is 1. The van der Waals surface area contributed by atoms with Crippen molar-refractivity contribution in [1.82, 2.24) is 4.90 Å². The fraction of sp³-hybridized carbons (Fsp3) is 0.476. The van der Waals surface area contributed by atoms with Gasteiger partial charge < -0.3 is 9.84 Å². The fourth-order valence-corrected chi connectivity index (χ4v) is 3.89. The molecule has 0 amide bonds. The first-order chi connectivity index (χ1) is 12.1. The number of nitrogens with zero attached hydrogens (tertiary/aromatic N) is 1. The minimum absolute atomic E-state index is 0.147. The molecule has 1 saturated carbocycles. The first-order valence-corrected chi connectivity index (χ1v) is 9.15. The molecule has 4 rings (SSSR count). The Morgan fingerprint density at radius 3 is 2.76 bits per heavy atom. The summed E-state index contributed by atoms with van der Waals surface area (Å²) in [6, 6.07) is 11.4. The Morgan fingerprint density at radius 2 is 2.00 bits per heavy atom. The number of carbonyl (C=O) groups is 1. The van der Waals surface area contributed by atoms with E-state index in [-0.39, 0.29) is 5.78 Å². The van der Waals surface area contributed by atoms with Crippen LogP contribution in [0.3, 0.4) is 0 Å². The number of carbonyl (C=O) groups excluding carboxylic acids is 1. The smallest absolute Gasteiger partial charge is 0.195 e. The van der Waals surface area contributed by atoms with Gasteiger partial charge in [-0.1, -0.05) is 18.2 Å². The van der Waals surface area contributed by atoms with Gasteiger partial charge in [-0.05, 0) is 67.1 Å². The molecule has 0 bridgehead atoms. The Morgan fingerprint density at radius 1 is 1.24 bits per heavy atom. The van der Waals surface area contributed by atoms with Gasteiger partial charge in [-0.2, -0.15) is 0 Å². The van der Waals surface area contributed by atoms with Gasteiger partial charge >= 0.3 is 0 Å². The van der Waals surface area contributed by atoms with Crippen molar-refractivity contribution in [3.63, 3.8) is 0 Å². The van der Waals surface area contributed by atoms with Gasteiger partial charge in [0.15, 0.2) is 5.78 Å². The third-order valence-corrected chi connectivity index (χ3v) is 5.50. The zero-order chi connectivity index (χ0) is 17.4. The largest absolute Gasteiger partial charge is 0.497 e. The van der Waals surface area contributed by atoms with Crippen molar-refractivity contribution in [3.05, 3.63) is 42.0 Å². The van der Waals surface area contributed by atoms with E-state index in [0.29, 0.717) is 18.5 Å². The van der Waals surface area contributed by atoms with Crippen LogP contribution in [0.25, 0.3) is 10.8 Å². The molecule has 4 nitrogen and oxygen atoms in total. The maximum Gasteiger partial charge on any atom is 0.195 e. The first kappa shape index (κ1) is 16.6. The maximum atomic E-state index is 13.0. The summed E-state index contributed by atoms with van der Waals surface area (Å²) in [5, 5.41) is 13.1. The number of Topliss-reactive ketones (excluding diaryl/α,β-unsaturated/α-hetero) is 1. The molecule has 1 heterocycles. The molecule has 1 N–H and O–H groups in total. The van der Waals surface area contributed by atoms with Gasteiger partial charge in [0.05, 0.1) is 7.11 Å². The van der Waals surface area contributed by atoms with Crippen molar-refractivity contribution in [3.8, 4) is 5.75 Å². The summed E-state index contributed by atoms with van der Waals surface area (Å²) in [7, 11) is 1.64. The molecule has 2 fully saturated rings. The van der Waals surface area contributed by atoms with Crippen LogP contribution in [0, 0.1) is 5.92 Å². The zero-order valence-corrected chi connectivity index (χ0v) is 14.7. The molecule has 0 unspecified atom stereocenters. The first-order valence-electron chi connectivity index (χ1n) is 9.15. The maximum absolute atomic E-state index is 13.0. The minimum Gasteiger partial charge on any atom is -0.497 e. The van der Waals surface area contributed by atoms with Gasteiger partial charge in [-0.15, -0.1) is 0 Å². The van der Waals surface area contributed by atoms with Crippen molar-refractivity contribution in [2.24, 2.45) is 5.92 Å². The monoisotopic (exact) mass is 339 g/mol. The Hall–Kier alpha value is -1.91. The number of benzene rings is 2. The van der Waals surface area contributed by atoms with E-state index in [0.717, 1.165) is 42.0 Å². The molecule has 1 aliphatic carbocycles. The van der Waals surface area contributed by atoms with Gasteiger partial charge in [-0.3, -0.25) is 9.69 Å². The summed E-state index contributed by atoms with van der Waals surface area (Å²) >= 11 is 0. The SMILES string of the molecule is COc1ccc2cc(C(=O)[C@]3(O)CCCN(CC4CC4)C3)ccc2c1. The lowest BCUT2D eigenvalue weighted by molar-refractivity contribution is -0.0148. The number of rotatable bonds is 5. The van der Waals surface area contributed by atoms with Crippen LogP contribution in [-0.4, -0.2) is 48.1 Å². The Balaban J connectivity index is 1.57. The van der Waals surface area contributed by atoms with Crippen molar-refractivity contribution >= 4 is 16.6 Å². The summed E-state index contributed by atoms with van der Waals surface area (Å²) < 4.78 is 5.25. The molecule has 0 radical (unpaired) electrons. The molecule has 1 atom stereocenters. The molecular weight excluding hydrogens is 314 g/mol. The number of β-amino-alcohol motifs (C(OH)–C–C–N with tert-alkyl or cyclic N) is 1. The molecule has 2 aliphatic rings. The van der Waals surface area contributed by atoms with Crippen LogP contribution in [0.2, 0.25) is 0 Å². The number of fused-ring (bicyclic) bond motifs is 1. The number of likely N-dealkylation sites (tertiary alicyclic amines) is 1. The summed E-state index contributed by atoms with van der Waals surface area (Å²) in [4.78, 5) is 15.3.